The van der Waals surface area contributed by atoms with Gasteiger partial charge in [-0.15, -0.1) is 22.7 Å². The van der Waals surface area contributed by atoms with Gasteiger partial charge in [0.25, 0.3) is 5.91 Å². The van der Waals surface area contributed by atoms with Gasteiger partial charge in [0.1, 0.15) is 5.75 Å². The number of carbonyl (C=O) groups is 2. The molecule has 0 fully saturated rings. The van der Waals surface area contributed by atoms with Gasteiger partial charge < -0.3 is 10.1 Å². The highest BCUT2D eigenvalue weighted by atomic mass is 32.1. The molecule has 1 aromatic carbocycles. The maximum absolute atomic E-state index is 12.8. The number of hydrogen-bond acceptors (Lipinski definition) is 7. The summed E-state index contributed by atoms with van der Waals surface area (Å²) in [6.45, 7) is 1.89. The minimum Gasteiger partial charge on any atom is -0.497 e. The van der Waals surface area contributed by atoms with E-state index in [0.29, 0.717) is 21.6 Å². The quantitative estimate of drug-likeness (QED) is 0.634. The van der Waals surface area contributed by atoms with Crippen molar-refractivity contribution in [2.45, 2.75) is 32.1 Å². The molecule has 2 heterocycles. The van der Waals surface area contributed by atoms with Crippen LogP contribution in [0.4, 0.5) is 10.3 Å². The number of benzene rings is 1. The Balaban J connectivity index is 1.48. The Bertz CT molecular complexity index is 1040. The molecule has 9 heteroatoms. The zero-order valence-electron chi connectivity index (χ0n) is 16.0. The van der Waals surface area contributed by atoms with E-state index < -0.39 is 0 Å². The van der Waals surface area contributed by atoms with Gasteiger partial charge in [-0.25, -0.2) is 9.97 Å². The topological polar surface area (TPSA) is 93.2 Å². The number of ether oxygens (including phenoxy) is 1. The van der Waals surface area contributed by atoms with E-state index in [1.807, 2.05) is 12.3 Å². The number of nitrogens with zero attached hydrogens (tertiary/aromatic N) is 2. The third-order valence-corrected chi connectivity index (χ3v) is 6.61. The third kappa shape index (κ3) is 4.30. The first kappa shape index (κ1) is 19.5. The first-order valence-electron chi connectivity index (χ1n) is 9.21. The van der Waals surface area contributed by atoms with Crippen LogP contribution >= 0.6 is 22.7 Å². The van der Waals surface area contributed by atoms with E-state index >= 15 is 0 Å². The molecule has 0 aliphatic heterocycles. The third-order valence-electron chi connectivity index (χ3n) is 4.69. The number of nitrogens with one attached hydrogen (secondary N) is 2. The molecule has 3 aromatic rings. The zero-order chi connectivity index (χ0) is 20.4. The molecule has 0 saturated heterocycles. The maximum Gasteiger partial charge on any atom is 0.257 e. The van der Waals surface area contributed by atoms with Crippen molar-refractivity contribution in [3.05, 3.63) is 51.5 Å². The zero-order valence-corrected chi connectivity index (χ0v) is 17.7. The molecule has 0 saturated carbocycles. The predicted octanol–water partition coefficient (Wildman–Crippen LogP) is 4.23. The molecule has 1 atom stereocenters. The van der Waals surface area contributed by atoms with Crippen LogP contribution in [-0.2, 0) is 11.2 Å². The molecule has 0 bridgehead atoms. The average molecular weight is 429 g/mol. The van der Waals surface area contributed by atoms with Gasteiger partial charge >= 0.3 is 0 Å². The number of aryl methyl sites for hydroxylation is 2. The second-order valence-corrected chi connectivity index (χ2v) is 8.68. The van der Waals surface area contributed by atoms with Gasteiger partial charge in [0.05, 0.1) is 24.4 Å². The first-order chi connectivity index (χ1) is 14.0. The average Bonchev–Trinajstić information content (AvgIpc) is 3.32. The lowest BCUT2D eigenvalue weighted by atomic mass is 9.90. The fourth-order valence-electron chi connectivity index (χ4n) is 3.24. The van der Waals surface area contributed by atoms with Crippen molar-refractivity contribution in [3.63, 3.8) is 0 Å². The molecule has 0 spiro atoms. The number of thiazole rings is 2. The van der Waals surface area contributed by atoms with Gasteiger partial charge in [-0.3, -0.25) is 14.9 Å². The van der Waals surface area contributed by atoms with Crippen molar-refractivity contribution >= 4 is 44.8 Å². The highest BCUT2D eigenvalue weighted by Gasteiger charge is 2.31. The van der Waals surface area contributed by atoms with Crippen LogP contribution in [-0.4, -0.2) is 28.9 Å². The molecular formula is C20H20N4O3S2. The van der Waals surface area contributed by atoms with Crippen LogP contribution in [0.5, 0.6) is 5.75 Å². The van der Waals surface area contributed by atoms with E-state index in [1.165, 1.54) is 22.7 Å². The van der Waals surface area contributed by atoms with Crippen LogP contribution in [0.15, 0.2) is 29.6 Å². The van der Waals surface area contributed by atoms with E-state index in [9.17, 15) is 9.59 Å². The Morgan fingerprint density at radius 1 is 1.14 bits per heavy atom. The Kier molecular flexibility index (Phi) is 5.59. The normalized spacial score (nSPS) is 15.4. The molecule has 1 unspecified atom stereocenters. The van der Waals surface area contributed by atoms with Crippen LogP contribution < -0.4 is 15.4 Å². The summed E-state index contributed by atoms with van der Waals surface area (Å²) in [7, 11) is 1.58. The van der Waals surface area contributed by atoms with Crippen molar-refractivity contribution in [2.75, 3.05) is 17.7 Å². The molecule has 7 nitrogen and oxygen atoms in total. The van der Waals surface area contributed by atoms with Crippen molar-refractivity contribution in [1.82, 2.24) is 9.97 Å². The van der Waals surface area contributed by atoms with Crippen molar-refractivity contribution in [2.24, 2.45) is 0 Å². The van der Waals surface area contributed by atoms with Gasteiger partial charge in [0.15, 0.2) is 10.3 Å². The summed E-state index contributed by atoms with van der Waals surface area (Å²) >= 11 is 2.85. The number of anilines is 2. The van der Waals surface area contributed by atoms with Crippen LogP contribution in [0, 0.1) is 6.92 Å². The Hall–Kier alpha value is -2.78. The molecule has 2 amide bonds. The molecular weight excluding hydrogens is 408 g/mol. The standard InChI is InChI=1S/C20H20N4O3S2/c1-11-10-28-19(21-11)24-18(26)14-4-3-5-15-16(14)22-20(29-15)23-17(25)12-6-8-13(27-2)9-7-12/h6-10,14H,3-5H2,1-2H3,(H,21,24,26)(H,22,23,25). The predicted molar refractivity (Wildman–Crippen MR) is 114 cm³/mol. The van der Waals surface area contributed by atoms with E-state index in [1.54, 1.807) is 31.4 Å². The molecule has 2 N–H and O–H groups in total. The molecule has 29 heavy (non-hydrogen) atoms. The summed E-state index contributed by atoms with van der Waals surface area (Å²) in [5, 5.41) is 8.76. The fraction of sp³-hybridized carbons (Fsp3) is 0.300. The lowest BCUT2D eigenvalue weighted by Crippen LogP contribution is -2.24. The largest absolute Gasteiger partial charge is 0.497 e. The van der Waals surface area contributed by atoms with Gasteiger partial charge in [-0.05, 0) is 50.5 Å². The molecule has 1 aliphatic rings. The summed E-state index contributed by atoms with van der Waals surface area (Å²) in [6.07, 6.45) is 2.51. The first-order valence-corrected chi connectivity index (χ1v) is 10.9. The summed E-state index contributed by atoms with van der Waals surface area (Å²) < 4.78 is 5.12. The maximum atomic E-state index is 12.8. The highest BCUT2D eigenvalue weighted by Crippen LogP contribution is 2.37. The smallest absolute Gasteiger partial charge is 0.257 e. The molecule has 0 radical (unpaired) electrons. The lowest BCUT2D eigenvalue weighted by molar-refractivity contribution is -0.117. The molecule has 4 rings (SSSR count). The Labute approximate surface area is 176 Å². The number of fused-ring (bicyclic) bond motifs is 1. The van der Waals surface area contributed by atoms with Gasteiger partial charge in [0.2, 0.25) is 5.91 Å². The van der Waals surface area contributed by atoms with Crippen LogP contribution in [0.1, 0.15) is 45.4 Å². The van der Waals surface area contributed by atoms with Gasteiger partial charge in [0, 0.05) is 15.8 Å². The van der Waals surface area contributed by atoms with Crippen LogP contribution in [0.25, 0.3) is 0 Å². The molecule has 150 valence electrons. The monoisotopic (exact) mass is 428 g/mol. The number of aromatic nitrogens is 2. The summed E-state index contributed by atoms with van der Waals surface area (Å²) in [4.78, 5) is 35.2. The lowest BCUT2D eigenvalue weighted by Gasteiger charge is -2.19. The van der Waals surface area contributed by atoms with Crippen molar-refractivity contribution in [1.29, 1.82) is 0 Å². The van der Waals surface area contributed by atoms with E-state index in [4.69, 9.17) is 4.74 Å². The van der Waals surface area contributed by atoms with E-state index in [-0.39, 0.29) is 17.7 Å². The Morgan fingerprint density at radius 2 is 1.93 bits per heavy atom. The van der Waals surface area contributed by atoms with Crippen LogP contribution in [0.2, 0.25) is 0 Å². The second kappa shape index (κ2) is 8.30. The van der Waals surface area contributed by atoms with Crippen molar-refractivity contribution < 1.29 is 14.3 Å². The molecule has 1 aliphatic carbocycles. The summed E-state index contributed by atoms with van der Waals surface area (Å²) in [5.74, 6) is 0.0260. The fourth-order valence-corrected chi connectivity index (χ4v) is 4.99. The van der Waals surface area contributed by atoms with Crippen LogP contribution in [0.3, 0.4) is 0 Å². The minimum absolute atomic E-state index is 0.0985. The number of hydrogen-bond donors (Lipinski definition) is 2. The van der Waals surface area contributed by atoms with Gasteiger partial charge in [-0.2, -0.15) is 0 Å². The summed E-state index contributed by atoms with van der Waals surface area (Å²) in [6, 6.07) is 6.88. The number of amides is 2. The van der Waals surface area contributed by atoms with Crippen molar-refractivity contribution in [3.8, 4) is 5.75 Å². The second-order valence-electron chi connectivity index (χ2n) is 6.74. The number of rotatable bonds is 5. The van der Waals surface area contributed by atoms with E-state index in [2.05, 4.69) is 20.6 Å². The molecule has 2 aromatic heterocycles. The van der Waals surface area contributed by atoms with Gasteiger partial charge in [-0.1, -0.05) is 0 Å². The number of carbonyl (C=O) groups excluding carboxylic acids is 2. The number of methoxy groups -OCH3 is 1. The SMILES string of the molecule is COc1ccc(C(=O)Nc2nc3c(s2)CCCC3C(=O)Nc2nc(C)cs2)cc1. The minimum atomic E-state index is -0.328. The highest BCUT2D eigenvalue weighted by molar-refractivity contribution is 7.16. The van der Waals surface area contributed by atoms with E-state index in [0.717, 1.165) is 35.5 Å². The summed E-state index contributed by atoms with van der Waals surface area (Å²) in [5.41, 5.74) is 2.16. The Morgan fingerprint density at radius 3 is 2.62 bits per heavy atom.